The van der Waals surface area contributed by atoms with Gasteiger partial charge in [-0.2, -0.15) is 5.10 Å². The highest BCUT2D eigenvalue weighted by molar-refractivity contribution is 6.01. The predicted molar refractivity (Wildman–Crippen MR) is 132 cm³/mol. The third kappa shape index (κ3) is 3.92. The standard InChI is InChI=1S/C27H27N5O2/c33-26(29-18-27(9-10-27)21-7-11-28-12-8-21)20-3-6-24-23(17-20)25(31-30-24)19-1-4-22(5-2-19)32-13-15-34-16-14-32/h1-8,11-12,17H,9-10,13-16,18H2,(H,29,33)(H,30,31). The van der Waals surface area contributed by atoms with Crippen molar-refractivity contribution in [3.05, 3.63) is 78.1 Å². The monoisotopic (exact) mass is 453 g/mol. The molecule has 6 rings (SSSR count). The van der Waals surface area contributed by atoms with E-state index in [1.165, 1.54) is 11.3 Å². The van der Waals surface area contributed by atoms with Gasteiger partial charge in [-0.3, -0.25) is 14.9 Å². The number of hydrogen-bond acceptors (Lipinski definition) is 5. The smallest absolute Gasteiger partial charge is 0.251 e. The minimum Gasteiger partial charge on any atom is -0.378 e. The summed E-state index contributed by atoms with van der Waals surface area (Å²) in [5.74, 6) is -0.0583. The Morgan fingerprint density at radius 3 is 2.53 bits per heavy atom. The fraction of sp³-hybridized carbons (Fsp3) is 0.296. The van der Waals surface area contributed by atoms with E-state index in [1.54, 1.807) is 0 Å². The first-order chi connectivity index (χ1) is 16.7. The van der Waals surface area contributed by atoms with E-state index in [4.69, 9.17) is 4.74 Å². The number of anilines is 1. The van der Waals surface area contributed by atoms with Crippen molar-refractivity contribution in [2.45, 2.75) is 18.3 Å². The SMILES string of the molecule is O=C(NCC1(c2ccncc2)CC1)c1ccc2[nH]nc(-c3ccc(N4CCOCC4)cc3)c2c1. The molecule has 2 aromatic carbocycles. The zero-order valence-corrected chi connectivity index (χ0v) is 19.0. The molecule has 1 saturated carbocycles. The lowest BCUT2D eigenvalue weighted by Crippen LogP contribution is -2.36. The molecule has 2 fully saturated rings. The number of morpholine rings is 1. The van der Waals surface area contributed by atoms with E-state index >= 15 is 0 Å². The molecule has 7 heteroatoms. The number of fused-ring (bicyclic) bond motifs is 1. The molecule has 172 valence electrons. The molecule has 2 aromatic heterocycles. The second-order valence-corrected chi connectivity index (χ2v) is 9.18. The highest BCUT2D eigenvalue weighted by atomic mass is 16.5. The molecule has 0 atom stereocenters. The molecule has 1 saturated heterocycles. The lowest BCUT2D eigenvalue weighted by molar-refractivity contribution is 0.0950. The van der Waals surface area contributed by atoms with Crippen LogP contribution in [0.15, 0.2) is 67.0 Å². The van der Waals surface area contributed by atoms with Crippen molar-refractivity contribution in [3.63, 3.8) is 0 Å². The van der Waals surface area contributed by atoms with Gasteiger partial charge in [0.15, 0.2) is 0 Å². The number of benzene rings is 2. The molecule has 3 heterocycles. The Kier molecular flexibility index (Phi) is 5.26. The van der Waals surface area contributed by atoms with Crippen molar-refractivity contribution in [2.75, 3.05) is 37.7 Å². The number of pyridine rings is 1. The van der Waals surface area contributed by atoms with Crippen molar-refractivity contribution >= 4 is 22.5 Å². The van der Waals surface area contributed by atoms with Crippen LogP contribution in [0.4, 0.5) is 5.69 Å². The first-order valence-corrected chi connectivity index (χ1v) is 11.8. The highest BCUT2D eigenvalue weighted by Gasteiger charge is 2.44. The van der Waals surface area contributed by atoms with E-state index < -0.39 is 0 Å². The molecule has 0 bridgehead atoms. The van der Waals surface area contributed by atoms with Crippen LogP contribution in [0, 0.1) is 0 Å². The van der Waals surface area contributed by atoms with Crippen LogP contribution in [0.5, 0.6) is 0 Å². The molecule has 1 aliphatic carbocycles. The summed E-state index contributed by atoms with van der Waals surface area (Å²) in [6.07, 6.45) is 5.81. The number of carbonyl (C=O) groups is 1. The lowest BCUT2D eigenvalue weighted by atomic mass is 9.97. The van der Waals surface area contributed by atoms with Gasteiger partial charge in [0, 0.05) is 59.6 Å². The molecule has 7 nitrogen and oxygen atoms in total. The van der Waals surface area contributed by atoms with Crippen LogP contribution >= 0.6 is 0 Å². The molecule has 34 heavy (non-hydrogen) atoms. The summed E-state index contributed by atoms with van der Waals surface area (Å²) in [6, 6.07) is 18.3. The number of aromatic nitrogens is 3. The van der Waals surface area contributed by atoms with Gasteiger partial charge in [0.1, 0.15) is 0 Å². The number of nitrogens with zero attached hydrogens (tertiary/aromatic N) is 3. The molecule has 1 amide bonds. The Hall–Kier alpha value is -3.71. The Morgan fingerprint density at radius 1 is 1.03 bits per heavy atom. The van der Waals surface area contributed by atoms with Crippen molar-refractivity contribution < 1.29 is 9.53 Å². The Morgan fingerprint density at radius 2 is 1.79 bits per heavy atom. The maximum Gasteiger partial charge on any atom is 0.251 e. The van der Waals surface area contributed by atoms with Crippen LogP contribution in [0.3, 0.4) is 0 Å². The molecule has 0 spiro atoms. The van der Waals surface area contributed by atoms with Gasteiger partial charge in [0.2, 0.25) is 0 Å². The maximum atomic E-state index is 13.0. The quantitative estimate of drug-likeness (QED) is 0.462. The molecular weight excluding hydrogens is 426 g/mol. The number of hydrogen-bond donors (Lipinski definition) is 2. The summed E-state index contributed by atoms with van der Waals surface area (Å²) in [6.45, 7) is 3.98. The highest BCUT2D eigenvalue weighted by Crippen LogP contribution is 2.47. The normalized spacial score (nSPS) is 17.0. The summed E-state index contributed by atoms with van der Waals surface area (Å²) in [7, 11) is 0. The summed E-state index contributed by atoms with van der Waals surface area (Å²) in [4.78, 5) is 19.5. The van der Waals surface area contributed by atoms with E-state index in [0.29, 0.717) is 12.1 Å². The van der Waals surface area contributed by atoms with Crippen molar-refractivity contribution in [3.8, 4) is 11.3 Å². The number of carbonyl (C=O) groups excluding carboxylic acids is 1. The first kappa shape index (κ1) is 20.9. The van der Waals surface area contributed by atoms with Crippen molar-refractivity contribution in [1.82, 2.24) is 20.5 Å². The third-order valence-corrected chi connectivity index (χ3v) is 7.08. The fourth-order valence-electron chi connectivity index (χ4n) is 4.80. The Bertz CT molecular complexity index is 1310. The topological polar surface area (TPSA) is 83.1 Å². The van der Waals surface area contributed by atoms with Crippen LogP contribution in [-0.4, -0.2) is 53.9 Å². The van der Waals surface area contributed by atoms with Gasteiger partial charge in [-0.05, 0) is 60.9 Å². The summed E-state index contributed by atoms with van der Waals surface area (Å²) in [5.41, 5.74) is 5.92. The maximum absolute atomic E-state index is 13.0. The minimum absolute atomic E-state index is 0.0474. The molecular formula is C27H27N5O2. The van der Waals surface area contributed by atoms with E-state index in [1.807, 2.05) is 42.7 Å². The number of H-pyrrole nitrogens is 1. The van der Waals surface area contributed by atoms with Gasteiger partial charge in [-0.25, -0.2) is 0 Å². The van der Waals surface area contributed by atoms with E-state index in [2.05, 4.69) is 49.7 Å². The number of rotatable bonds is 6. The zero-order valence-electron chi connectivity index (χ0n) is 19.0. The van der Waals surface area contributed by atoms with E-state index in [9.17, 15) is 4.79 Å². The summed E-state index contributed by atoms with van der Waals surface area (Å²) in [5, 5.41) is 11.8. The molecule has 0 radical (unpaired) electrons. The average molecular weight is 454 g/mol. The lowest BCUT2D eigenvalue weighted by Gasteiger charge is -2.28. The van der Waals surface area contributed by atoms with Crippen molar-refractivity contribution in [1.29, 1.82) is 0 Å². The van der Waals surface area contributed by atoms with Gasteiger partial charge < -0.3 is 15.0 Å². The van der Waals surface area contributed by atoms with Gasteiger partial charge >= 0.3 is 0 Å². The van der Waals surface area contributed by atoms with Gasteiger partial charge in [0.25, 0.3) is 5.91 Å². The molecule has 2 N–H and O–H groups in total. The van der Waals surface area contributed by atoms with E-state index in [0.717, 1.165) is 61.3 Å². The number of nitrogens with one attached hydrogen (secondary N) is 2. The Labute approximate surface area is 198 Å². The van der Waals surface area contributed by atoms with Crippen LogP contribution in [0.25, 0.3) is 22.2 Å². The predicted octanol–water partition coefficient (Wildman–Crippen LogP) is 3.92. The molecule has 4 aromatic rings. The largest absolute Gasteiger partial charge is 0.378 e. The minimum atomic E-state index is -0.0583. The van der Waals surface area contributed by atoms with Gasteiger partial charge in [-0.15, -0.1) is 0 Å². The third-order valence-electron chi connectivity index (χ3n) is 7.08. The average Bonchev–Trinajstić information content (AvgIpc) is 3.59. The van der Waals surface area contributed by atoms with Crippen LogP contribution in [0.2, 0.25) is 0 Å². The molecule has 2 aliphatic rings. The number of ether oxygens (including phenoxy) is 1. The van der Waals surface area contributed by atoms with Crippen LogP contribution in [-0.2, 0) is 10.2 Å². The fourth-order valence-corrected chi connectivity index (χ4v) is 4.80. The van der Waals surface area contributed by atoms with Gasteiger partial charge in [0.05, 0.1) is 24.4 Å². The second kappa shape index (κ2) is 8.57. The number of amides is 1. The molecule has 0 unspecified atom stereocenters. The first-order valence-electron chi connectivity index (χ1n) is 11.8. The molecule has 1 aliphatic heterocycles. The second-order valence-electron chi connectivity index (χ2n) is 9.18. The summed E-state index contributed by atoms with van der Waals surface area (Å²) >= 11 is 0. The van der Waals surface area contributed by atoms with Crippen LogP contribution in [0.1, 0.15) is 28.8 Å². The van der Waals surface area contributed by atoms with Gasteiger partial charge in [-0.1, -0.05) is 12.1 Å². The summed E-state index contributed by atoms with van der Waals surface area (Å²) < 4.78 is 5.45. The van der Waals surface area contributed by atoms with Crippen molar-refractivity contribution in [2.24, 2.45) is 0 Å². The Balaban J connectivity index is 1.20. The van der Waals surface area contributed by atoms with E-state index in [-0.39, 0.29) is 11.3 Å². The zero-order chi connectivity index (χ0) is 23.0. The number of aromatic amines is 1. The van der Waals surface area contributed by atoms with Crippen LogP contribution < -0.4 is 10.2 Å².